The average Bonchev–Trinajstić information content (AvgIpc) is 2.90. The van der Waals surface area contributed by atoms with Gasteiger partial charge in [0, 0.05) is 12.2 Å². The van der Waals surface area contributed by atoms with E-state index >= 15 is 0 Å². The summed E-state index contributed by atoms with van der Waals surface area (Å²) in [5, 5.41) is 3.82. The summed E-state index contributed by atoms with van der Waals surface area (Å²) in [6.07, 6.45) is 1.63. The standard InChI is InChI=1S/C13H15ClN2O2/c1-17-12-5-4-9(7-10(12)14)16-11(8-15)13-3-2-6-18-13/h2-7,11,16H,8,15H2,1H3. The van der Waals surface area contributed by atoms with Crippen molar-refractivity contribution in [1.29, 1.82) is 0 Å². The minimum Gasteiger partial charge on any atom is -0.495 e. The zero-order chi connectivity index (χ0) is 13.0. The Bertz CT molecular complexity index is 500. The van der Waals surface area contributed by atoms with Crippen molar-refractivity contribution in [2.24, 2.45) is 5.73 Å². The van der Waals surface area contributed by atoms with Crippen LogP contribution in [0.4, 0.5) is 5.69 Å². The van der Waals surface area contributed by atoms with Crippen LogP contribution < -0.4 is 15.8 Å². The highest BCUT2D eigenvalue weighted by molar-refractivity contribution is 6.32. The molecule has 0 amide bonds. The maximum Gasteiger partial charge on any atom is 0.137 e. The van der Waals surface area contributed by atoms with E-state index in [9.17, 15) is 0 Å². The first-order valence-electron chi connectivity index (χ1n) is 5.58. The highest BCUT2D eigenvalue weighted by atomic mass is 35.5. The average molecular weight is 267 g/mol. The van der Waals surface area contributed by atoms with Gasteiger partial charge < -0.3 is 20.2 Å². The number of nitrogens with two attached hydrogens (primary N) is 1. The summed E-state index contributed by atoms with van der Waals surface area (Å²) in [7, 11) is 1.58. The van der Waals surface area contributed by atoms with E-state index in [2.05, 4.69) is 5.32 Å². The smallest absolute Gasteiger partial charge is 0.137 e. The minimum atomic E-state index is -0.0792. The zero-order valence-corrected chi connectivity index (χ0v) is 10.8. The van der Waals surface area contributed by atoms with Gasteiger partial charge in [-0.3, -0.25) is 0 Å². The van der Waals surface area contributed by atoms with Crippen molar-refractivity contribution in [1.82, 2.24) is 0 Å². The van der Waals surface area contributed by atoms with Gasteiger partial charge in [0.25, 0.3) is 0 Å². The first-order chi connectivity index (χ1) is 8.74. The van der Waals surface area contributed by atoms with E-state index in [1.807, 2.05) is 18.2 Å². The third kappa shape index (κ3) is 2.78. The van der Waals surface area contributed by atoms with Crippen molar-refractivity contribution in [3.63, 3.8) is 0 Å². The second-order valence-corrected chi connectivity index (χ2v) is 4.20. The van der Waals surface area contributed by atoms with Crippen LogP contribution in [-0.4, -0.2) is 13.7 Å². The van der Waals surface area contributed by atoms with E-state index in [-0.39, 0.29) is 6.04 Å². The third-order valence-corrected chi connectivity index (χ3v) is 2.91. The van der Waals surface area contributed by atoms with Crippen LogP contribution in [0.5, 0.6) is 5.75 Å². The Morgan fingerprint density at radius 1 is 1.44 bits per heavy atom. The Balaban J connectivity index is 2.15. The lowest BCUT2D eigenvalue weighted by Crippen LogP contribution is -2.20. The van der Waals surface area contributed by atoms with Crippen molar-refractivity contribution < 1.29 is 9.15 Å². The quantitative estimate of drug-likeness (QED) is 0.873. The summed E-state index contributed by atoms with van der Waals surface area (Å²) < 4.78 is 10.4. The largest absolute Gasteiger partial charge is 0.495 e. The fourth-order valence-corrected chi connectivity index (χ4v) is 1.95. The Labute approximate surface area is 111 Å². The third-order valence-electron chi connectivity index (χ3n) is 2.62. The Morgan fingerprint density at radius 2 is 2.28 bits per heavy atom. The molecule has 5 heteroatoms. The van der Waals surface area contributed by atoms with Gasteiger partial charge in [0.1, 0.15) is 11.5 Å². The van der Waals surface area contributed by atoms with Gasteiger partial charge in [-0.05, 0) is 30.3 Å². The van der Waals surface area contributed by atoms with Gasteiger partial charge in [0.05, 0.1) is 24.4 Å². The minimum absolute atomic E-state index is 0.0792. The van der Waals surface area contributed by atoms with Crippen LogP contribution in [0.3, 0.4) is 0 Å². The lowest BCUT2D eigenvalue weighted by molar-refractivity contribution is 0.415. The number of anilines is 1. The highest BCUT2D eigenvalue weighted by Crippen LogP contribution is 2.29. The number of benzene rings is 1. The maximum atomic E-state index is 6.06. The molecule has 1 aromatic carbocycles. The summed E-state index contributed by atoms with van der Waals surface area (Å²) in [5.41, 5.74) is 6.59. The lowest BCUT2D eigenvalue weighted by Gasteiger charge is -2.16. The Kier molecular flexibility index (Phi) is 4.12. The van der Waals surface area contributed by atoms with Gasteiger partial charge in [-0.2, -0.15) is 0 Å². The molecule has 0 aliphatic heterocycles. The van der Waals surface area contributed by atoms with E-state index in [4.69, 9.17) is 26.5 Å². The summed E-state index contributed by atoms with van der Waals surface area (Å²) in [4.78, 5) is 0. The zero-order valence-electron chi connectivity index (χ0n) is 10.0. The summed E-state index contributed by atoms with van der Waals surface area (Å²) >= 11 is 6.06. The number of ether oxygens (including phenoxy) is 1. The van der Waals surface area contributed by atoms with Crippen LogP contribution in [0.2, 0.25) is 5.02 Å². The molecule has 0 aliphatic carbocycles. The molecule has 3 N–H and O–H groups in total. The molecule has 2 aromatic rings. The molecule has 0 radical (unpaired) electrons. The Morgan fingerprint density at radius 3 is 2.83 bits per heavy atom. The SMILES string of the molecule is COc1ccc(NC(CN)c2ccco2)cc1Cl. The van der Waals surface area contributed by atoms with Crippen LogP contribution in [0, 0.1) is 0 Å². The van der Waals surface area contributed by atoms with Crippen molar-refractivity contribution in [2.45, 2.75) is 6.04 Å². The molecule has 0 saturated carbocycles. The molecule has 4 nitrogen and oxygen atoms in total. The van der Waals surface area contributed by atoms with E-state index < -0.39 is 0 Å². The van der Waals surface area contributed by atoms with E-state index in [1.54, 1.807) is 25.5 Å². The predicted octanol–water partition coefficient (Wildman–Crippen LogP) is 3.05. The van der Waals surface area contributed by atoms with Crippen molar-refractivity contribution in [3.05, 3.63) is 47.4 Å². The second-order valence-electron chi connectivity index (χ2n) is 3.80. The molecule has 0 saturated heterocycles. The molecular formula is C13H15ClN2O2. The second kappa shape index (κ2) is 5.80. The predicted molar refractivity (Wildman–Crippen MR) is 72.1 cm³/mol. The topological polar surface area (TPSA) is 60.4 Å². The molecule has 0 bridgehead atoms. The molecule has 1 aromatic heterocycles. The van der Waals surface area contributed by atoms with Crippen LogP contribution in [-0.2, 0) is 0 Å². The van der Waals surface area contributed by atoms with Crippen LogP contribution >= 0.6 is 11.6 Å². The normalized spacial score (nSPS) is 12.2. The molecule has 96 valence electrons. The van der Waals surface area contributed by atoms with Crippen LogP contribution in [0.1, 0.15) is 11.8 Å². The van der Waals surface area contributed by atoms with Crippen molar-refractivity contribution in [2.75, 3.05) is 19.0 Å². The molecule has 1 unspecified atom stereocenters. The number of methoxy groups -OCH3 is 1. The Hall–Kier alpha value is -1.65. The fraction of sp³-hybridized carbons (Fsp3) is 0.231. The lowest BCUT2D eigenvalue weighted by atomic mass is 10.2. The van der Waals surface area contributed by atoms with E-state index in [0.717, 1.165) is 11.4 Å². The first-order valence-corrected chi connectivity index (χ1v) is 5.96. The molecule has 0 spiro atoms. The molecule has 2 rings (SSSR count). The van der Waals surface area contributed by atoms with Crippen LogP contribution in [0.15, 0.2) is 41.0 Å². The molecule has 0 fully saturated rings. The van der Waals surface area contributed by atoms with Gasteiger partial charge >= 0.3 is 0 Å². The fourth-order valence-electron chi connectivity index (χ4n) is 1.69. The first kappa shape index (κ1) is 12.8. The van der Waals surface area contributed by atoms with Gasteiger partial charge in [-0.1, -0.05) is 11.6 Å². The molecular weight excluding hydrogens is 252 g/mol. The molecule has 18 heavy (non-hydrogen) atoms. The van der Waals surface area contributed by atoms with Gasteiger partial charge in [0.2, 0.25) is 0 Å². The summed E-state index contributed by atoms with van der Waals surface area (Å²) in [6.45, 7) is 0.428. The molecule has 1 atom stereocenters. The summed E-state index contributed by atoms with van der Waals surface area (Å²) in [6, 6.07) is 9.13. The highest BCUT2D eigenvalue weighted by Gasteiger charge is 2.12. The monoisotopic (exact) mass is 266 g/mol. The summed E-state index contributed by atoms with van der Waals surface area (Å²) in [5.74, 6) is 1.44. The number of halogens is 1. The number of hydrogen-bond acceptors (Lipinski definition) is 4. The maximum absolute atomic E-state index is 6.06. The van der Waals surface area contributed by atoms with Gasteiger partial charge in [-0.25, -0.2) is 0 Å². The van der Waals surface area contributed by atoms with Crippen molar-refractivity contribution in [3.8, 4) is 5.75 Å². The van der Waals surface area contributed by atoms with Crippen molar-refractivity contribution >= 4 is 17.3 Å². The van der Waals surface area contributed by atoms with Crippen LogP contribution in [0.25, 0.3) is 0 Å². The number of rotatable bonds is 5. The number of furan rings is 1. The number of nitrogens with one attached hydrogen (secondary N) is 1. The molecule has 1 heterocycles. The van der Waals surface area contributed by atoms with Gasteiger partial charge in [0.15, 0.2) is 0 Å². The number of hydrogen-bond donors (Lipinski definition) is 2. The van der Waals surface area contributed by atoms with Gasteiger partial charge in [-0.15, -0.1) is 0 Å². The van der Waals surface area contributed by atoms with E-state index in [1.165, 1.54) is 0 Å². The molecule has 0 aliphatic rings. The van der Waals surface area contributed by atoms with E-state index in [0.29, 0.717) is 17.3 Å².